The van der Waals surface area contributed by atoms with Crippen molar-refractivity contribution in [2.45, 2.75) is 37.1 Å². The minimum absolute atomic E-state index is 0.427. The van der Waals surface area contributed by atoms with Gasteiger partial charge in [-0.25, -0.2) is 0 Å². The molecular formula is C13H21AlO. The van der Waals surface area contributed by atoms with Crippen molar-refractivity contribution in [1.82, 2.24) is 0 Å². The summed E-state index contributed by atoms with van der Waals surface area (Å²) in [4.78, 5) is 0. The van der Waals surface area contributed by atoms with E-state index >= 15 is 0 Å². The molecule has 0 aromatic heterocycles. The SMILES string of the molecule is [CH3][Al]([CH2]c1ccccc1O)[CH2]C(C)(C)C. The van der Waals surface area contributed by atoms with E-state index in [2.05, 4.69) is 26.6 Å². The molecule has 0 fully saturated rings. The van der Waals surface area contributed by atoms with Crippen LogP contribution in [0.1, 0.15) is 26.3 Å². The van der Waals surface area contributed by atoms with Crippen LogP contribution in [0.2, 0.25) is 11.1 Å². The average molecular weight is 220 g/mol. The molecule has 1 nitrogen and oxygen atoms in total. The van der Waals surface area contributed by atoms with Crippen LogP contribution in [0.25, 0.3) is 0 Å². The molecule has 0 aliphatic carbocycles. The standard InChI is InChI=1S/C7H7O.C5H11.CH3.Al/c1-6-4-2-3-5-7(6)8;1-5(2,3)4;;/h2-5,8H,1H2;1H2,2-4H3;1H3;. The summed E-state index contributed by atoms with van der Waals surface area (Å²) in [5.41, 5.74) is 1.55. The van der Waals surface area contributed by atoms with Crippen LogP contribution < -0.4 is 0 Å². The molecule has 0 radical (unpaired) electrons. The highest BCUT2D eigenvalue weighted by molar-refractivity contribution is 6.56. The Bertz CT molecular complexity index is 315. The second-order valence-corrected chi connectivity index (χ2v) is 8.73. The molecule has 1 aromatic carbocycles. The summed E-state index contributed by atoms with van der Waals surface area (Å²) < 4.78 is 0. The van der Waals surface area contributed by atoms with Gasteiger partial charge in [0.2, 0.25) is 0 Å². The fourth-order valence-corrected chi connectivity index (χ4v) is 5.51. The van der Waals surface area contributed by atoms with E-state index in [0.29, 0.717) is 11.2 Å². The molecule has 0 aliphatic rings. The van der Waals surface area contributed by atoms with Gasteiger partial charge in [-0.15, -0.1) is 5.79 Å². The number of hydrogen-bond acceptors (Lipinski definition) is 1. The first kappa shape index (κ1) is 12.6. The molecule has 0 atom stereocenters. The van der Waals surface area contributed by atoms with E-state index in [1.807, 2.05) is 18.2 Å². The van der Waals surface area contributed by atoms with Gasteiger partial charge in [0, 0.05) is 0 Å². The van der Waals surface area contributed by atoms with Gasteiger partial charge in [-0.3, -0.25) is 0 Å². The Morgan fingerprint density at radius 1 is 1.20 bits per heavy atom. The van der Waals surface area contributed by atoms with Crippen LogP contribution in [-0.4, -0.2) is 19.3 Å². The maximum absolute atomic E-state index is 9.68. The quantitative estimate of drug-likeness (QED) is 0.771. The van der Waals surface area contributed by atoms with Crippen molar-refractivity contribution in [1.29, 1.82) is 0 Å². The summed E-state index contributed by atoms with van der Waals surface area (Å²) >= 11 is -0.742. The van der Waals surface area contributed by atoms with E-state index in [0.717, 1.165) is 10.8 Å². The molecular weight excluding hydrogens is 199 g/mol. The van der Waals surface area contributed by atoms with Gasteiger partial charge in [0.05, 0.1) is 0 Å². The van der Waals surface area contributed by atoms with Gasteiger partial charge in [0.15, 0.2) is 0 Å². The third kappa shape index (κ3) is 4.73. The third-order valence-corrected chi connectivity index (χ3v) is 5.58. The van der Waals surface area contributed by atoms with Crippen molar-refractivity contribution in [3.05, 3.63) is 29.8 Å². The number of aromatic hydroxyl groups is 1. The van der Waals surface area contributed by atoms with Crippen LogP contribution in [0.3, 0.4) is 0 Å². The molecule has 15 heavy (non-hydrogen) atoms. The summed E-state index contributed by atoms with van der Waals surface area (Å²) in [6.45, 7) is 6.88. The molecule has 0 aliphatic heterocycles. The maximum Gasteiger partial charge on any atom is 0.264 e. The first-order valence-electron chi connectivity index (χ1n) is 5.65. The fourth-order valence-electron chi connectivity index (χ4n) is 2.18. The topological polar surface area (TPSA) is 20.2 Å². The Morgan fingerprint density at radius 3 is 2.33 bits per heavy atom. The van der Waals surface area contributed by atoms with Crippen molar-refractivity contribution in [2.75, 3.05) is 0 Å². The van der Waals surface area contributed by atoms with Crippen LogP contribution in [-0.2, 0) is 5.28 Å². The lowest BCUT2D eigenvalue weighted by atomic mass is 10.0. The van der Waals surface area contributed by atoms with E-state index in [9.17, 15) is 5.11 Å². The van der Waals surface area contributed by atoms with Gasteiger partial charge in [-0.1, -0.05) is 49.5 Å². The van der Waals surface area contributed by atoms with Crippen molar-refractivity contribution in [3.8, 4) is 5.75 Å². The number of benzene rings is 1. The minimum atomic E-state index is -0.742. The van der Waals surface area contributed by atoms with Gasteiger partial charge in [0.1, 0.15) is 5.75 Å². The van der Waals surface area contributed by atoms with E-state index in [4.69, 9.17) is 0 Å². The lowest BCUT2D eigenvalue weighted by molar-refractivity contribution is 0.461. The molecule has 0 unspecified atom stereocenters. The summed E-state index contributed by atoms with van der Waals surface area (Å²) in [6.07, 6.45) is 0. The predicted molar refractivity (Wildman–Crippen MR) is 67.7 cm³/mol. The molecule has 0 saturated carbocycles. The van der Waals surface area contributed by atoms with E-state index in [-0.39, 0.29) is 0 Å². The van der Waals surface area contributed by atoms with Crippen molar-refractivity contribution in [3.63, 3.8) is 0 Å². The Morgan fingerprint density at radius 2 is 1.80 bits per heavy atom. The first-order valence-corrected chi connectivity index (χ1v) is 8.44. The smallest absolute Gasteiger partial charge is 0.264 e. The fraction of sp³-hybridized carbons (Fsp3) is 0.538. The summed E-state index contributed by atoms with van der Waals surface area (Å²) in [6, 6.07) is 7.72. The zero-order chi connectivity index (χ0) is 11.5. The van der Waals surface area contributed by atoms with Crippen LogP contribution in [0.4, 0.5) is 0 Å². The molecule has 0 saturated heterocycles. The number of hydrogen-bond donors (Lipinski definition) is 1. The molecule has 2 heteroatoms. The van der Waals surface area contributed by atoms with E-state index < -0.39 is 14.1 Å². The Kier molecular flexibility index (Phi) is 4.25. The van der Waals surface area contributed by atoms with Crippen LogP contribution in [0.15, 0.2) is 24.3 Å². The van der Waals surface area contributed by atoms with Gasteiger partial charge in [0.25, 0.3) is 14.1 Å². The molecule has 1 rings (SSSR count). The Balaban J connectivity index is 2.59. The van der Waals surface area contributed by atoms with Crippen LogP contribution in [0.5, 0.6) is 5.75 Å². The second-order valence-electron chi connectivity index (χ2n) is 5.70. The average Bonchev–Trinajstić information content (AvgIpc) is 2.05. The maximum atomic E-state index is 9.68. The summed E-state index contributed by atoms with van der Waals surface area (Å²) in [5.74, 6) is 2.85. The summed E-state index contributed by atoms with van der Waals surface area (Å²) in [5, 5.41) is 12.1. The number of phenolic OH excluding ortho intramolecular Hbond substituents is 1. The highest BCUT2D eigenvalue weighted by Gasteiger charge is 2.20. The molecule has 0 heterocycles. The van der Waals surface area contributed by atoms with Gasteiger partial charge >= 0.3 is 0 Å². The predicted octanol–water partition coefficient (Wildman–Crippen LogP) is 3.64. The second kappa shape index (κ2) is 5.06. The lowest BCUT2D eigenvalue weighted by Gasteiger charge is -2.20. The largest absolute Gasteiger partial charge is 0.508 e. The van der Waals surface area contributed by atoms with E-state index in [1.54, 1.807) is 6.07 Å². The highest BCUT2D eigenvalue weighted by Crippen LogP contribution is 2.25. The first-order chi connectivity index (χ1) is 6.88. The van der Waals surface area contributed by atoms with Gasteiger partial charge in [-0.2, -0.15) is 0 Å². The summed E-state index contributed by atoms with van der Waals surface area (Å²) in [7, 11) is 0. The van der Waals surface area contributed by atoms with E-state index in [1.165, 1.54) is 5.28 Å². The van der Waals surface area contributed by atoms with Crippen molar-refractivity contribution in [2.24, 2.45) is 5.41 Å². The Hall–Kier alpha value is -0.448. The van der Waals surface area contributed by atoms with Crippen LogP contribution >= 0.6 is 0 Å². The van der Waals surface area contributed by atoms with Crippen LogP contribution in [0, 0.1) is 5.41 Å². The number of rotatable bonds is 3. The molecule has 0 amide bonds. The normalized spacial score (nSPS) is 11.5. The number of phenols is 1. The van der Waals surface area contributed by atoms with Gasteiger partial charge in [-0.05, 0) is 17.0 Å². The zero-order valence-electron chi connectivity index (χ0n) is 10.2. The van der Waals surface area contributed by atoms with Crippen molar-refractivity contribution >= 4 is 14.1 Å². The van der Waals surface area contributed by atoms with Crippen molar-refractivity contribution < 1.29 is 5.11 Å². The highest BCUT2D eigenvalue weighted by atomic mass is 27.2. The minimum Gasteiger partial charge on any atom is -0.508 e. The Labute approximate surface area is 97.5 Å². The molecule has 1 aromatic rings. The molecule has 1 N–H and O–H groups in total. The molecule has 82 valence electrons. The zero-order valence-corrected chi connectivity index (χ0v) is 11.4. The number of para-hydroxylation sites is 1. The third-order valence-electron chi connectivity index (χ3n) is 2.52. The molecule has 0 bridgehead atoms. The van der Waals surface area contributed by atoms with Gasteiger partial charge < -0.3 is 5.11 Å². The monoisotopic (exact) mass is 220 g/mol. The molecule has 0 spiro atoms. The lowest BCUT2D eigenvalue weighted by Crippen LogP contribution is -2.20.